The Bertz CT molecular complexity index is 422. The predicted molar refractivity (Wildman–Crippen MR) is 75.0 cm³/mol. The summed E-state index contributed by atoms with van der Waals surface area (Å²) in [4.78, 5) is 11.6. The van der Waals surface area contributed by atoms with Gasteiger partial charge in [0.2, 0.25) is 0 Å². The van der Waals surface area contributed by atoms with Crippen LogP contribution in [0.1, 0.15) is 16.8 Å². The van der Waals surface area contributed by atoms with Gasteiger partial charge in [0.05, 0.1) is 32.6 Å². The molecule has 0 heterocycles. The molecule has 0 saturated carbocycles. The molecule has 1 rings (SSSR count). The van der Waals surface area contributed by atoms with Gasteiger partial charge in [-0.15, -0.1) is 0 Å². The maximum Gasteiger partial charge on any atom is 0.341 e. The molecule has 0 aliphatic rings. The summed E-state index contributed by atoms with van der Waals surface area (Å²) < 4.78 is 20.4. The molecule has 0 aromatic heterocycles. The maximum atomic E-state index is 11.6. The summed E-state index contributed by atoms with van der Waals surface area (Å²) in [6, 6.07) is 4.98. The van der Waals surface area contributed by atoms with Crippen molar-refractivity contribution in [3.63, 3.8) is 0 Å². The lowest BCUT2D eigenvalue weighted by Gasteiger charge is -2.12. The van der Waals surface area contributed by atoms with Gasteiger partial charge in [-0.25, -0.2) is 4.79 Å². The van der Waals surface area contributed by atoms with E-state index in [1.165, 1.54) is 7.11 Å². The maximum absolute atomic E-state index is 11.6. The highest BCUT2D eigenvalue weighted by Gasteiger charge is 2.15. The topological polar surface area (TPSA) is 80.0 Å². The Morgan fingerprint density at radius 3 is 2.65 bits per heavy atom. The Balaban J connectivity index is 2.45. The molecular weight excluding hydrogens is 262 g/mol. The number of anilines is 1. The number of nitrogen functional groups attached to an aromatic ring is 1. The summed E-state index contributed by atoms with van der Waals surface area (Å²) in [7, 11) is 2.94. The Labute approximate surface area is 118 Å². The Kier molecular flexibility index (Phi) is 7.46. The molecule has 0 atom stereocenters. The third-order valence-corrected chi connectivity index (χ3v) is 2.56. The zero-order valence-electron chi connectivity index (χ0n) is 11.9. The number of esters is 1. The first kappa shape index (κ1) is 16.3. The normalized spacial score (nSPS) is 10.3. The van der Waals surface area contributed by atoms with Crippen molar-refractivity contribution in [1.29, 1.82) is 0 Å². The molecule has 0 bridgehead atoms. The molecule has 0 fully saturated rings. The Hall–Kier alpha value is -1.79. The van der Waals surface area contributed by atoms with Gasteiger partial charge in [-0.2, -0.15) is 0 Å². The van der Waals surface area contributed by atoms with E-state index in [4.69, 9.17) is 24.7 Å². The van der Waals surface area contributed by atoms with E-state index in [0.717, 1.165) is 0 Å². The number of hydrogen-bond donors (Lipinski definition) is 1. The third-order valence-electron chi connectivity index (χ3n) is 2.56. The fraction of sp³-hybridized carbons (Fsp3) is 0.500. The van der Waals surface area contributed by atoms with Crippen LogP contribution < -0.4 is 10.5 Å². The second-order valence-electron chi connectivity index (χ2n) is 4.02. The molecule has 0 unspecified atom stereocenters. The number of rotatable bonds is 9. The van der Waals surface area contributed by atoms with E-state index < -0.39 is 5.97 Å². The van der Waals surface area contributed by atoms with Crippen molar-refractivity contribution >= 4 is 11.7 Å². The number of ether oxygens (including phenoxy) is 4. The van der Waals surface area contributed by atoms with Gasteiger partial charge in [-0.05, 0) is 12.1 Å². The molecule has 6 heteroatoms. The molecular formula is C14H21NO5. The van der Waals surface area contributed by atoms with Crippen LogP contribution in [0.4, 0.5) is 5.69 Å². The van der Waals surface area contributed by atoms with E-state index in [2.05, 4.69) is 0 Å². The summed E-state index contributed by atoms with van der Waals surface area (Å²) in [5.74, 6) is -0.111. The standard InChI is InChI=1S/C14H21NO5/c1-17-9-10-19-7-4-8-20-13-11(14(16)18-2)5-3-6-12(13)15/h3,5-6H,4,7-10,15H2,1-2H3. The molecule has 0 aliphatic carbocycles. The van der Waals surface area contributed by atoms with Crippen molar-refractivity contribution < 1.29 is 23.7 Å². The average molecular weight is 283 g/mol. The lowest BCUT2D eigenvalue weighted by molar-refractivity contribution is 0.0589. The highest BCUT2D eigenvalue weighted by Crippen LogP contribution is 2.27. The van der Waals surface area contributed by atoms with E-state index in [-0.39, 0.29) is 0 Å². The second-order valence-corrected chi connectivity index (χ2v) is 4.02. The van der Waals surface area contributed by atoms with Crippen molar-refractivity contribution in [2.75, 3.05) is 46.4 Å². The molecule has 0 saturated heterocycles. The number of carbonyl (C=O) groups excluding carboxylic acids is 1. The first-order valence-electron chi connectivity index (χ1n) is 6.37. The Morgan fingerprint density at radius 2 is 1.95 bits per heavy atom. The van der Waals surface area contributed by atoms with Gasteiger partial charge in [-0.3, -0.25) is 0 Å². The summed E-state index contributed by atoms with van der Waals surface area (Å²) >= 11 is 0. The average Bonchev–Trinajstić information content (AvgIpc) is 2.46. The van der Waals surface area contributed by atoms with E-state index in [0.29, 0.717) is 49.8 Å². The number of nitrogens with two attached hydrogens (primary N) is 1. The van der Waals surface area contributed by atoms with Crippen LogP contribution in [0.5, 0.6) is 5.75 Å². The van der Waals surface area contributed by atoms with Gasteiger partial charge >= 0.3 is 5.97 Å². The largest absolute Gasteiger partial charge is 0.490 e. The van der Waals surface area contributed by atoms with Crippen LogP contribution in [0, 0.1) is 0 Å². The second kappa shape index (κ2) is 9.17. The van der Waals surface area contributed by atoms with Gasteiger partial charge in [0, 0.05) is 20.1 Å². The zero-order chi connectivity index (χ0) is 14.8. The van der Waals surface area contributed by atoms with E-state index in [1.807, 2.05) is 0 Å². The van der Waals surface area contributed by atoms with E-state index in [1.54, 1.807) is 25.3 Å². The third kappa shape index (κ3) is 5.07. The summed E-state index contributed by atoms with van der Waals surface area (Å²) in [5, 5.41) is 0. The molecule has 112 valence electrons. The molecule has 1 aromatic carbocycles. The first-order valence-corrected chi connectivity index (χ1v) is 6.37. The van der Waals surface area contributed by atoms with Gasteiger partial charge in [0.1, 0.15) is 5.56 Å². The molecule has 20 heavy (non-hydrogen) atoms. The van der Waals surface area contributed by atoms with Gasteiger partial charge in [-0.1, -0.05) is 6.07 Å². The first-order chi connectivity index (χ1) is 9.70. The van der Waals surface area contributed by atoms with Crippen LogP contribution >= 0.6 is 0 Å². The van der Waals surface area contributed by atoms with Crippen molar-refractivity contribution in [2.45, 2.75) is 6.42 Å². The van der Waals surface area contributed by atoms with Crippen molar-refractivity contribution in [2.24, 2.45) is 0 Å². The number of benzene rings is 1. The van der Waals surface area contributed by atoms with Crippen LogP contribution in [0.15, 0.2) is 18.2 Å². The molecule has 2 N–H and O–H groups in total. The lowest BCUT2D eigenvalue weighted by Crippen LogP contribution is -2.11. The van der Waals surface area contributed by atoms with Crippen LogP contribution in [0.3, 0.4) is 0 Å². The minimum atomic E-state index is -0.469. The zero-order valence-corrected chi connectivity index (χ0v) is 11.9. The van der Waals surface area contributed by atoms with Gasteiger partial charge in [0.15, 0.2) is 5.75 Å². The van der Waals surface area contributed by atoms with Gasteiger partial charge in [0.25, 0.3) is 0 Å². The molecule has 0 amide bonds. The molecule has 0 spiro atoms. The SMILES string of the molecule is COCCOCCCOc1c(N)cccc1C(=O)OC. The highest BCUT2D eigenvalue weighted by molar-refractivity contribution is 5.94. The minimum absolute atomic E-state index is 0.327. The summed E-state index contributed by atoms with van der Waals surface area (Å²) in [6.07, 6.45) is 0.693. The van der Waals surface area contributed by atoms with Gasteiger partial charge < -0.3 is 24.7 Å². The number of carbonyl (C=O) groups is 1. The van der Waals surface area contributed by atoms with Crippen LogP contribution in [0.2, 0.25) is 0 Å². The molecule has 0 aliphatic heterocycles. The molecule has 6 nitrogen and oxygen atoms in total. The summed E-state index contributed by atoms with van der Waals surface area (Å²) in [5.41, 5.74) is 6.55. The number of para-hydroxylation sites is 1. The van der Waals surface area contributed by atoms with E-state index >= 15 is 0 Å². The number of hydrogen-bond acceptors (Lipinski definition) is 6. The van der Waals surface area contributed by atoms with Crippen molar-refractivity contribution in [3.05, 3.63) is 23.8 Å². The van der Waals surface area contributed by atoms with Crippen LogP contribution in [-0.2, 0) is 14.2 Å². The van der Waals surface area contributed by atoms with Crippen LogP contribution in [0.25, 0.3) is 0 Å². The summed E-state index contributed by atoms with van der Waals surface area (Å²) in [6.45, 7) is 2.09. The number of methoxy groups -OCH3 is 2. The van der Waals surface area contributed by atoms with Crippen LogP contribution in [-0.4, -0.2) is 46.6 Å². The minimum Gasteiger partial charge on any atom is -0.490 e. The molecule has 0 radical (unpaired) electrons. The van der Waals surface area contributed by atoms with E-state index in [9.17, 15) is 4.79 Å². The molecule has 1 aromatic rings. The fourth-order valence-corrected chi connectivity index (χ4v) is 1.57. The van der Waals surface area contributed by atoms with Crippen molar-refractivity contribution in [1.82, 2.24) is 0 Å². The van der Waals surface area contributed by atoms with Crippen molar-refractivity contribution in [3.8, 4) is 5.75 Å². The predicted octanol–water partition coefficient (Wildman–Crippen LogP) is 1.49. The lowest BCUT2D eigenvalue weighted by atomic mass is 10.2. The highest BCUT2D eigenvalue weighted by atomic mass is 16.5. The monoisotopic (exact) mass is 283 g/mol. The Morgan fingerprint density at radius 1 is 1.15 bits per heavy atom. The fourth-order valence-electron chi connectivity index (χ4n) is 1.57. The quantitative estimate of drug-likeness (QED) is 0.420. The smallest absolute Gasteiger partial charge is 0.341 e.